The van der Waals surface area contributed by atoms with E-state index in [1.807, 2.05) is 30.3 Å². The predicted octanol–water partition coefficient (Wildman–Crippen LogP) is 3.61. The summed E-state index contributed by atoms with van der Waals surface area (Å²) in [5.74, 6) is 0.957. The van der Waals surface area contributed by atoms with Crippen LogP contribution >= 0.6 is 15.9 Å². The lowest BCUT2D eigenvalue weighted by molar-refractivity contribution is 0.308. The molecule has 0 fully saturated rings. The van der Waals surface area contributed by atoms with Crippen molar-refractivity contribution >= 4 is 15.9 Å². The molecule has 0 aliphatic carbocycles. The number of nitrogens with one attached hydrogen (secondary N) is 1. The Morgan fingerprint density at radius 1 is 1.24 bits per heavy atom. The molecule has 1 rings (SSSR count). The van der Waals surface area contributed by atoms with Crippen molar-refractivity contribution in [3.8, 4) is 5.75 Å². The molecule has 3 heteroatoms. The van der Waals surface area contributed by atoms with Gasteiger partial charge in [0.1, 0.15) is 5.75 Å². The lowest BCUT2D eigenvalue weighted by Crippen LogP contribution is -2.20. The van der Waals surface area contributed by atoms with Crippen LogP contribution < -0.4 is 10.1 Å². The fourth-order valence-corrected chi connectivity index (χ4v) is 1.72. The zero-order valence-corrected chi connectivity index (χ0v) is 12.1. The Hall–Kier alpha value is -0.540. The maximum atomic E-state index is 5.61. The molecule has 96 valence electrons. The largest absolute Gasteiger partial charge is 0.494 e. The van der Waals surface area contributed by atoms with Crippen LogP contribution in [0.5, 0.6) is 5.75 Å². The minimum Gasteiger partial charge on any atom is -0.494 e. The van der Waals surface area contributed by atoms with Crippen LogP contribution in [-0.2, 0) is 0 Å². The third kappa shape index (κ3) is 7.40. The van der Waals surface area contributed by atoms with E-state index in [0.717, 1.165) is 31.9 Å². The fourth-order valence-electron chi connectivity index (χ4n) is 1.49. The molecule has 0 bridgehead atoms. The van der Waals surface area contributed by atoms with Crippen molar-refractivity contribution in [1.29, 1.82) is 0 Å². The van der Waals surface area contributed by atoms with Gasteiger partial charge >= 0.3 is 0 Å². The molecule has 0 saturated carbocycles. The van der Waals surface area contributed by atoms with Crippen LogP contribution in [0.25, 0.3) is 0 Å². The maximum Gasteiger partial charge on any atom is 0.119 e. The summed E-state index contributed by atoms with van der Waals surface area (Å²) in [7, 11) is 0. The van der Waals surface area contributed by atoms with Crippen molar-refractivity contribution in [3.05, 3.63) is 30.3 Å². The molecule has 0 spiro atoms. The van der Waals surface area contributed by atoms with Crippen molar-refractivity contribution in [2.45, 2.75) is 31.0 Å². The summed E-state index contributed by atoms with van der Waals surface area (Å²) in [5.41, 5.74) is 0. The molecular formula is C14H22BrNO. The molecule has 0 saturated heterocycles. The third-order valence-corrected chi connectivity index (χ3v) is 3.69. The van der Waals surface area contributed by atoms with E-state index < -0.39 is 0 Å². The highest BCUT2D eigenvalue weighted by Crippen LogP contribution is 2.08. The monoisotopic (exact) mass is 299 g/mol. The molecule has 1 atom stereocenters. The van der Waals surface area contributed by atoms with E-state index in [0.29, 0.717) is 4.83 Å². The van der Waals surface area contributed by atoms with E-state index in [-0.39, 0.29) is 0 Å². The van der Waals surface area contributed by atoms with Crippen LogP contribution in [0.15, 0.2) is 30.3 Å². The number of alkyl halides is 1. The average molecular weight is 300 g/mol. The summed E-state index contributed by atoms with van der Waals surface area (Å²) in [5, 5.41) is 3.43. The molecular weight excluding hydrogens is 278 g/mol. The van der Waals surface area contributed by atoms with E-state index in [1.54, 1.807) is 0 Å². The van der Waals surface area contributed by atoms with Gasteiger partial charge in [-0.25, -0.2) is 0 Å². The first-order valence-corrected chi connectivity index (χ1v) is 7.27. The van der Waals surface area contributed by atoms with E-state index in [4.69, 9.17) is 4.74 Å². The molecule has 17 heavy (non-hydrogen) atoms. The molecule has 1 aromatic carbocycles. The van der Waals surface area contributed by atoms with Crippen LogP contribution in [0.1, 0.15) is 26.2 Å². The zero-order chi connectivity index (χ0) is 12.3. The van der Waals surface area contributed by atoms with Crippen LogP contribution in [0.3, 0.4) is 0 Å². The smallest absolute Gasteiger partial charge is 0.119 e. The quantitative estimate of drug-likeness (QED) is 0.555. The summed E-state index contributed by atoms with van der Waals surface area (Å²) >= 11 is 3.63. The highest BCUT2D eigenvalue weighted by molar-refractivity contribution is 9.09. The van der Waals surface area contributed by atoms with Crippen molar-refractivity contribution < 1.29 is 4.74 Å². The average Bonchev–Trinajstić information content (AvgIpc) is 2.38. The second-order valence-corrected chi connectivity index (χ2v) is 5.35. The van der Waals surface area contributed by atoms with E-state index >= 15 is 0 Å². The maximum absolute atomic E-state index is 5.61. The number of halogens is 1. The van der Waals surface area contributed by atoms with Crippen LogP contribution in [0, 0.1) is 0 Å². The van der Waals surface area contributed by atoms with Gasteiger partial charge in [0.2, 0.25) is 0 Å². The summed E-state index contributed by atoms with van der Waals surface area (Å²) in [4.78, 5) is 0.649. The molecule has 0 amide bonds. The fraction of sp³-hybridized carbons (Fsp3) is 0.571. The lowest BCUT2D eigenvalue weighted by atomic mass is 10.2. The van der Waals surface area contributed by atoms with Gasteiger partial charge in [0.05, 0.1) is 6.61 Å². The molecule has 1 N–H and O–H groups in total. The highest BCUT2D eigenvalue weighted by atomic mass is 79.9. The first kappa shape index (κ1) is 14.5. The molecule has 1 aromatic rings. The zero-order valence-electron chi connectivity index (χ0n) is 10.5. The Morgan fingerprint density at radius 3 is 2.71 bits per heavy atom. The number of hydrogen-bond donors (Lipinski definition) is 1. The molecule has 1 unspecified atom stereocenters. The first-order valence-electron chi connectivity index (χ1n) is 6.35. The second kappa shape index (κ2) is 9.49. The SMILES string of the molecule is CCC(Br)CCNCCCOc1ccccc1. The van der Waals surface area contributed by atoms with Crippen molar-refractivity contribution in [2.75, 3.05) is 19.7 Å². The minimum atomic E-state index is 0.649. The second-order valence-electron chi connectivity index (χ2n) is 4.06. The van der Waals surface area contributed by atoms with Gasteiger partial charge in [-0.3, -0.25) is 0 Å². The van der Waals surface area contributed by atoms with E-state index in [9.17, 15) is 0 Å². The Labute approximate surface area is 113 Å². The molecule has 0 aromatic heterocycles. The summed E-state index contributed by atoms with van der Waals surface area (Å²) in [6.07, 6.45) is 3.43. The van der Waals surface area contributed by atoms with Crippen LogP contribution in [0.2, 0.25) is 0 Å². The number of para-hydroxylation sites is 1. The summed E-state index contributed by atoms with van der Waals surface area (Å²) in [6, 6.07) is 9.97. The molecule has 0 radical (unpaired) electrons. The Morgan fingerprint density at radius 2 is 2.00 bits per heavy atom. The molecule has 0 heterocycles. The Kier molecular flexibility index (Phi) is 8.10. The lowest BCUT2D eigenvalue weighted by Gasteiger charge is -2.09. The van der Waals surface area contributed by atoms with Gasteiger partial charge in [0.15, 0.2) is 0 Å². The number of ether oxygens (including phenoxy) is 1. The van der Waals surface area contributed by atoms with E-state index in [2.05, 4.69) is 28.2 Å². The standard InChI is InChI=1S/C14H22BrNO/c1-2-13(15)9-11-16-10-6-12-17-14-7-4-3-5-8-14/h3-5,7-8,13,16H,2,6,9-12H2,1H3. The van der Waals surface area contributed by atoms with Gasteiger partial charge in [-0.1, -0.05) is 41.1 Å². The van der Waals surface area contributed by atoms with Gasteiger partial charge in [0, 0.05) is 4.83 Å². The molecule has 2 nitrogen and oxygen atoms in total. The van der Waals surface area contributed by atoms with Gasteiger partial charge < -0.3 is 10.1 Å². The number of rotatable bonds is 9. The van der Waals surface area contributed by atoms with E-state index in [1.165, 1.54) is 12.8 Å². The van der Waals surface area contributed by atoms with Crippen LogP contribution in [0.4, 0.5) is 0 Å². The van der Waals surface area contributed by atoms with Crippen molar-refractivity contribution in [3.63, 3.8) is 0 Å². The van der Waals surface area contributed by atoms with Gasteiger partial charge in [-0.2, -0.15) is 0 Å². The molecule has 0 aliphatic rings. The third-order valence-electron chi connectivity index (χ3n) is 2.59. The van der Waals surface area contributed by atoms with Gasteiger partial charge in [-0.15, -0.1) is 0 Å². The number of benzene rings is 1. The molecule has 0 aliphatic heterocycles. The predicted molar refractivity (Wildman–Crippen MR) is 77.0 cm³/mol. The topological polar surface area (TPSA) is 21.3 Å². The highest BCUT2D eigenvalue weighted by Gasteiger charge is 1.99. The minimum absolute atomic E-state index is 0.649. The van der Waals surface area contributed by atoms with Gasteiger partial charge in [-0.05, 0) is 44.5 Å². The summed E-state index contributed by atoms with van der Waals surface area (Å²) < 4.78 is 5.61. The summed E-state index contributed by atoms with van der Waals surface area (Å²) in [6.45, 7) is 5.08. The Bertz CT molecular complexity index is 279. The van der Waals surface area contributed by atoms with Crippen molar-refractivity contribution in [2.24, 2.45) is 0 Å². The number of hydrogen-bond acceptors (Lipinski definition) is 2. The Balaban J connectivity index is 1.91. The first-order chi connectivity index (χ1) is 8.33. The van der Waals surface area contributed by atoms with Gasteiger partial charge in [0.25, 0.3) is 0 Å². The normalized spacial score (nSPS) is 12.4. The van der Waals surface area contributed by atoms with Crippen molar-refractivity contribution in [1.82, 2.24) is 5.32 Å². The van der Waals surface area contributed by atoms with Crippen LogP contribution in [-0.4, -0.2) is 24.5 Å².